The third kappa shape index (κ3) is 2.77. The average Bonchev–Trinajstić information content (AvgIpc) is 2.27. The molecule has 0 aliphatic carbocycles. The van der Waals surface area contributed by atoms with Gasteiger partial charge in [0.1, 0.15) is 16.7 Å². The van der Waals surface area contributed by atoms with Gasteiger partial charge in [-0.25, -0.2) is 4.98 Å². The van der Waals surface area contributed by atoms with E-state index in [0.29, 0.717) is 5.15 Å². The summed E-state index contributed by atoms with van der Waals surface area (Å²) in [6, 6.07) is 7.82. The summed E-state index contributed by atoms with van der Waals surface area (Å²) >= 11 is 5.86. The Hall–Kier alpha value is -1.54. The molecular weight excluding hydrogens is 234 g/mol. The van der Waals surface area contributed by atoms with Gasteiger partial charge in [0.05, 0.1) is 0 Å². The quantitative estimate of drug-likeness (QED) is 0.732. The van der Waals surface area contributed by atoms with Crippen LogP contribution in [0.15, 0.2) is 30.5 Å². The van der Waals surface area contributed by atoms with Crippen molar-refractivity contribution in [2.45, 2.75) is 20.8 Å². The second-order valence-corrected chi connectivity index (χ2v) is 4.53. The molecular formula is C14H14ClNO. The van der Waals surface area contributed by atoms with E-state index in [9.17, 15) is 0 Å². The highest BCUT2D eigenvalue weighted by Crippen LogP contribution is 2.29. The zero-order chi connectivity index (χ0) is 12.4. The lowest BCUT2D eigenvalue weighted by molar-refractivity contribution is 0.474. The molecule has 88 valence electrons. The summed E-state index contributed by atoms with van der Waals surface area (Å²) < 4.78 is 5.85. The Bertz CT molecular complexity index is 552. The molecule has 0 unspecified atom stereocenters. The predicted molar refractivity (Wildman–Crippen MR) is 70.0 cm³/mol. The lowest BCUT2D eigenvalue weighted by Crippen LogP contribution is -1.91. The molecule has 1 aromatic carbocycles. The molecule has 0 amide bonds. The molecule has 1 aromatic heterocycles. The maximum atomic E-state index is 5.86. The van der Waals surface area contributed by atoms with E-state index in [1.165, 1.54) is 5.56 Å². The van der Waals surface area contributed by atoms with Gasteiger partial charge in [-0.15, -0.1) is 0 Å². The van der Waals surface area contributed by atoms with Gasteiger partial charge in [-0.3, -0.25) is 0 Å². The molecule has 0 atom stereocenters. The number of hydrogen-bond donors (Lipinski definition) is 0. The lowest BCUT2D eigenvalue weighted by Gasteiger charge is -2.11. The van der Waals surface area contributed by atoms with Crippen LogP contribution in [0.25, 0.3) is 0 Å². The summed E-state index contributed by atoms with van der Waals surface area (Å²) in [7, 11) is 0. The first-order valence-electron chi connectivity index (χ1n) is 5.43. The van der Waals surface area contributed by atoms with E-state index in [-0.39, 0.29) is 0 Å². The van der Waals surface area contributed by atoms with Crippen molar-refractivity contribution in [2.75, 3.05) is 0 Å². The Morgan fingerprint density at radius 3 is 2.47 bits per heavy atom. The first-order chi connectivity index (χ1) is 8.06. The molecule has 2 aromatic rings. The summed E-state index contributed by atoms with van der Waals surface area (Å²) in [4.78, 5) is 4.00. The molecule has 2 rings (SSSR count). The minimum absolute atomic E-state index is 0.440. The number of halogens is 1. The Balaban J connectivity index is 2.34. The highest BCUT2D eigenvalue weighted by molar-refractivity contribution is 6.29. The van der Waals surface area contributed by atoms with E-state index < -0.39 is 0 Å². The number of benzene rings is 1. The fourth-order valence-corrected chi connectivity index (χ4v) is 1.77. The summed E-state index contributed by atoms with van der Waals surface area (Å²) in [6.07, 6.45) is 1.71. The number of pyridine rings is 1. The zero-order valence-electron chi connectivity index (χ0n) is 10.1. The van der Waals surface area contributed by atoms with Crippen LogP contribution in [0.5, 0.6) is 11.5 Å². The molecule has 0 saturated carbocycles. The largest absolute Gasteiger partial charge is 0.457 e. The second-order valence-electron chi connectivity index (χ2n) is 4.14. The molecule has 0 bridgehead atoms. The van der Waals surface area contributed by atoms with E-state index in [1.54, 1.807) is 12.3 Å². The number of nitrogens with zero attached hydrogens (tertiary/aromatic N) is 1. The van der Waals surface area contributed by atoms with Crippen LogP contribution < -0.4 is 4.74 Å². The maximum Gasteiger partial charge on any atom is 0.134 e. The van der Waals surface area contributed by atoms with Gasteiger partial charge in [-0.1, -0.05) is 29.3 Å². The summed E-state index contributed by atoms with van der Waals surface area (Å²) in [5, 5.41) is 0.440. The van der Waals surface area contributed by atoms with Crippen molar-refractivity contribution in [1.82, 2.24) is 4.98 Å². The van der Waals surface area contributed by atoms with Crippen molar-refractivity contribution in [2.24, 2.45) is 0 Å². The average molecular weight is 248 g/mol. The first-order valence-corrected chi connectivity index (χ1v) is 5.81. The number of ether oxygens (including phenoxy) is 1. The van der Waals surface area contributed by atoms with Crippen molar-refractivity contribution < 1.29 is 4.74 Å². The normalized spacial score (nSPS) is 10.4. The third-order valence-electron chi connectivity index (χ3n) is 2.57. The van der Waals surface area contributed by atoms with Crippen LogP contribution in [0.3, 0.4) is 0 Å². The first kappa shape index (κ1) is 11.9. The van der Waals surface area contributed by atoms with Crippen molar-refractivity contribution in [3.05, 3.63) is 52.3 Å². The van der Waals surface area contributed by atoms with Crippen molar-refractivity contribution in [3.8, 4) is 11.5 Å². The molecule has 0 radical (unpaired) electrons. The minimum atomic E-state index is 0.440. The Morgan fingerprint density at radius 2 is 1.76 bits per heavy atom. The summed E-state index contributed by atoms with van der Waals surface area (Å²) in [6.45, 7) is 6.04. The van der Waals surface area contributed by atoms with Gasteiger partial charge >= 0.3 is 0 Å². The monoisotopic (exact) mass is 247 g/mol. The fourth-order valence-electron chi connectivity index (χ4n) is 1.62. The van der Waals surface area contributed by atoms with E-state index in [1.807, 2.05) is 26.0 Å². The van der Waals surface area contributed by atoms with E-state index >= 15 is 0 Å². The second kappa shape index (κ2) is 4.76. The van der Waals surface area contributed by atoms with Crippen LogP contribution >= 0.6 is 11.6 Å². The Kier molecular flexibility index (Phi) is 3.34. The SMILES string of the molecule is Cc1ccc(Oc2cc(Cl)ncc2C)c(C)c1. The summed E-state index contributed by atoms with van der Waals surface area (Å²) in [5.41, 5.74) is 3.30. The van der Waals surface area contributed by atoms with Crippen molar-refractivity contribution in [1.29, 1.82) is 0 Å². The van der Waals surface area contributed by atoms with E-state index in [4.69, 9.17) is 16.3 Å². The molecule has 0 aliphatic rings. The summed E-state index contributed by atoms with van der Waals surface area (Å²) in [5.74, 6) is 1.60. The standard InChI is InChI=1S/C14H14ClNO/c1-9-4-5-12(10(2)6-9)17-13-7-14(15)16-8-11(13)3/h4-8H,1-3H3. The zero-order valence-corrected chi connectivity index (χ0v) is 10.9. The predicted octanol–water partition coefficient (Wildman–Crippen LogP) is 4.45. The van der Waals surface area contributed by atoms with Gasteiger partial charge in [0.25, 0.3) is 0 Å². The van der Waals surface area contributed by atoms with Crippen LogP contribution in [0.4, 0.5) is 0 Å². The molecule has 0 fully saturated rings. The van der Waals surface area contributed by atoms with E-state index in [2.05, 4.69) is 18.0 Å². The van der Waals surface area contributed by atoms with Gasteiger partial charge in [-0.2, -0.15) is 0 Å². The smallest absolute Gasteiger partial charge is 0.134 e. The Labute approximate surface area is 106 Å². The molecule has 0 N–H and O–H groups in total. The number of aromatic nitrogens is 1. The van der Waals surface area contributed by atoms with Crippen LogP contribution in [0.2, 0.25) is 5.15 Å². The van der Waals surface area contributed by atoms with E-state index in [0.717, 1.165) is 22.6 Å². The molecule has 1 heterocycles. The van der Waals surface area contributed by atoms with Crippen molar-refractivity contribution >= 4 is 11.6 Å². The molecule has 2 nitrogen and oxygen atoms in total. The van der Waals surface area contributed by atoms with Crippen LogP contribution in [-0.2, 0) is 0 Å². The topological polar surface area (TPSA) is 22.1 Å². The number of aryl methyl sites for hydroxylation is 3. The Morgan fingerprint density at radius 1 is 1.00 bits per heavy atom. The van der Waals surface area contributed by atoms with Gasteiger partial charge in [0.15, 0.2) is 0 Å². The molecule has 3 heteroatoms. The number of rotatable bonds is 2. The minimum Gasteiger partial charge on any atom is -0.457 e. The lowest BCUT2D eigenvalue weighted by atomic mass is 10.1. The van der Waals surface area contributed by atoms with Gasteiger partial charge in [0, 0.05) is 17.8 Å². The third-order valence-corrected chi connectivity index (χ3v) is 2.78. The highest BCUT2D eigenvalue weighted by Gasteiger charge is 2.05. The fraction of sp³-hybridized carbons (Fsp3) is 0.214. The molecule has 0 aliphatic heterocycles. The molecule has 17 heavy (non-hydrogen) atoms. The van der Waals surface area contributed by atoms with Gasteiger partial charge < -0.3 is 4.74 Å². The maximum absolute atomic E-state index is 5.86. The number of hydrogen-bond acceptors (Lipinski definition) is 2. The molecule has 0 spiro atoms. The van der Waals surface area contributed by atoms with Gasteiger partial charge in [-0.05, 0) is 32.4 Å². The van der Waals surface area contributed by atoms with Crippen LogP contribution in [0, 0.1) is 20.8 Å². The van der Waals surface area contributed by atoms with Crippen LogP contribution in [0.1, 0.15) is 16.7 Å². The highest BCUT2D eigenvalue weighted by atomic mass is 35.5. The molecule has 0 saturated heterocycles. The van der Waals surface area contributed by atoms with Gasteiger partial charge in [0.2, 0.25) is 0 Å². The van der Waals surface area contributed by atoms with Crippen LogP contribution in [-0.4, -0.2) is 4.98 Å². The van der Waals surface area contributed by atoms with Crippen molar-refractivity contribution in [3.63, 3.8) is 0 Å².